The number of carboxylic acid groups (broad SMARTS) is 1. The zero-order valence-corrected chi connectivity index (χ0v) is 19.8. The number of hydrogen-bond acceptors (Lipinski definition) is 4. The predicted octanol–water partition coefficient (Wildman–Crippen LogP) is 4.80. The summed E-state index contributed by atoms with van der Waals surface area (Å²) in [4.78, 5) is 39.7. The van der Waals surface area contributed by atoms with Crippen LogP contribution in [0.25, 0.3) is 11.1 Å². The molecule has 2 N–H and O–H groups in total. The van der Waals surface area contributed by atoms with Crippen molar-refractivity contribution in [1.82, 2.24) is 9.99 Å². The first kappa shape index (κ1) is 24.3. The van der Waals surface area contributed by atoms with Crippen LogP contribution in [0.1, 0.15) is 41.1 Å². The minimum Gasteiger partial charge on any atom is -0.481 e. The van der Waals surface area contributed by atoms with Crippen LogP contribution in [0.2, 0.25) is 5.02 Å². The molecule has 0 radical (unpaired) electrons. The number of aromatic amines is 1. The smallest absolute Gasteiger partial charge is 0.306 e. The zero-order chi connectivity index (χ0) is 25.3. The lowest BCUT2D eigenvalue weighted by Crippen LogP contribution is -2.35. The van der Waals surface area contributed by atoms with Crippen molar-refractivity contribution in [2.75, 3.05) is 0 Å². The molecule has 1 amide bonds. The van der Waals surface area contributed by atoms with Gasteiger partial charge < -0.3 is 10.1 Å². The van der Waals surface area contributed by atoms with Crippen molar-refractivity contribution in [1.29, 1.82) is 0 Å². The summed E-state index contributed by atoms with van der Waals surface area (Å²) < 4.78 is 14.6. The molecule has 4 rings (SSSR count). The first-order valence-electron chi connectivity index (χ1n) is 11.0. The number of hydrogen-bond donors (Lipinski definition) is 2. The fraction of sp³-hybridized carbons (Fsp3) is 0.231. The van der Waals surface area contributed by atoms with Gasteiger partial charge in [-0.3, -0.25) is 14.4 Å². The van der Waals surface area contributed by atoms with E-state index < -0.39 is 36.1 Å². The first-order valence-corrected chi connectivity index (χ1v) is 11.3. The second-order valence-corrected chi connectivity index (χ2v) is 8.92. The number of carbonyl (C=O) groups excluding carboxylic acids is 1. The second kappa shape index (κ2) is 9.84. The van der Waals surface area contributed by atoms with E-state index in [0.29, 0.717) is 21.9 Å². The molecule has 1 aliphatic heterocycles. The van der Waals surface area contributed by atoms with Crippen molar-refractivity contribution in [3.05, 3.63) is 92.4 Å². The van der Waals surface area contributed by atoms with E-state index in [1.54, 1.807) is 30.5 Å². The standard InChI is InChI=1S/C26H23ClFN3O4/c1-14-3-5-16(6-4-14)21-12-20(30-31(21)26(35)19(28)11-22(32)33)24-23(15(2)13-29-25(24)34)17-7-9-18(27)10-8-17/h3-10,13,19,21H,11-12H2,1-2H3,(H,29,34)(H,32,33). The van der Waals surface area contributed by atoms with Gasteiger partial charge in [-0.05, 0) is 42.7 Å². The van der Waals surface area contributed by atoms with Crippen LogP contribution in [0, 0.1) is 13.8 Å². The van der Waals surface area contributed by atoms with Crippen LogP contribution >= 0.6 is 11.6 Å². The number of carbonyl (C=O) groups is 2. The molecule has 9 heteroatoms. The van der Waals surface area contributed by atoms with Gasteiger partial charge in [0.15, 0.2) is 6.17 Å². The highest BCUT2D eigenvalue weighted by Gasteiger charge is 2.38. The number of aryl methyl sites for hydroxylation is 2. The summed E-state index contributed by atoms with van der Waals surface area (Å²) in [7, 11) is 0. The van der Waals surface area contributed by atoms with E-state index in [1.807, 2.05) is 38.1 Å². The van der Waals surface area contributed by atoms with Gasteiger partial charge in [0, 0.05) is 23.2 Å². The van der Waals surface area contributed by atoms with Crippen molar-refractivity contribution >= 4 is 29.2 Å². The Labute approximate surface area is 205 Å². The third kappa shape index (κ3) is 5.02. The monoisotopic (exact) mass is 495 g/mol. The summed E-state index contributed by atoms with van der Waals surface area (Å²) in [5, 5.41) is 14.9. The van der Waals surface area contributed by atoms with Gasteiger partial charge >= 0.3 is 5.97 Å². The first-order chi connectivity index (χ1) is 16.7. The molecule has 3 aromatic rings. The van der Waals surface area contributed by atoms with Gasteiger partial charge in [0.2, 0.25) is 0 Å². The van der Waals surface area contributed by atoms with Crippen LogP contribution in [0.5, 0.6) is 0 Å². The number of halogens is 2. The summed E-state index contributed by atoms with van der Waals surface area (Å²) in [6, 6.07) is 13.6. The van der Waals surface area contributed by atoms with Crippen LogP contribution in [0.15, 0.2) is 64.6 Å². The largest absolute Gasteiger partial charge is 0.481 e. The maximum absolute atomic E-state index is 14.6. The molecular formula is C26H23ClFN3O4. The summed E-state index contributed by atoms with van der Waals surface area (Å²) in [6.07, 6.45) is -1.49. The van der Waals surface area contributed by atoms with Crippen LogP contribution in [0.3, 0.4) is 0 Å². The van der Waals surface area contributed by atoms with Gasteiger partial charge in [0.05, 0.1) is 23.7 Å². The highest BCUT2D eigenvalue weighted by atomic mass is 35.5. The number of nitrogens with one attached hydrogen (secondary N) is 1. The fourth-order valence-electron chi connectivity index (χ4n) is 4.19. The number of alkyl halides is 1. The van der Waals surface area contributed by atoms with Crippen LogP contribution in [0.4, 0.5) is 4.39 Å². The van der Waals surface area contributed by atoms with Crippen molar-refractivity contribution < 1.29 is 19.1 Å². The minimum absolute atomic E-state index is 0.154. The highest BCUT2D eigenvalue weighted by molar-refractivity contribution is 6.30. The maximum atomic E-state index is 14.6. The molecule has 2 unspecified atom stereocenters. The highest BCUT2D eigenvalue weighted by Crippen LogP contribution is 2.36. The Morgan fingerprint density at radius 3 is 2.43 bits per heavy atom. The Hall–Kier alpha value is -3.78. The molecule has 0 saturated heterocycles. The average Bonchev–Trinajstić information content (AvgIpc) is 3.25. The Morgan fingerprint density at radius 2 is 1.80 bits per heavy atom. The quantitative estimate of drug-likeness (QED) is 0.512. The van der Waals surface area contributed by atoms with E-state index in [0.717, 1.165) is 21.7 Å². The third-order valence-electron chi connectivity index (χ3n) is 5.93. The van der Waals surface area contributed by atoms with Gasteiger partial charge in [0.25, 0.3) is 11.5 Å². The van der Waals surface area contributed by atoms with Gasteiger partial charge in [0.1, 0.15) is 0 Å². The molecule has 180 valence electrons. The van der Waals surface area contributed by atoms with E-state index in [2.05, 4.69) is 10.1 Å². The van der Waals surface area contributed by atoms with Crippen LogP contribution in [-0.4, -0.2) is 38.9 Å². The number of aromatic nitrogens is 1. The number of carboxylic acids is 1. The third-order valence-corrected chi connectivity index (χ3v) is 6.18. The lowest BCUT2D eigenvalue weighted by atomic mass is 9.91. The summed E-state index contributed by atoms with van der Waals surface area (Å²) in [5.41, 5.74) is 4.01. The molecule has 0 aliphatic carbocycles. The molecule has 0 saturated carbocycles. The van der Waals surface area contributed by atoms with Crippen molar-refractivity contribution in [2.45, 2.75) is 38.9 Å². The summed E-state index contributed by atoms with van der Waals surface area (Å²) in [6.45, 7) is 3.75. The molecule has 0 fully saturated rings. The topological polar surface area (TPSA) is 103 Å². The number of pyridine rings is 1. The van der Waals surface area contributed by atoms with Gasteiger partial charge in [-0.25, -0.2) is 9.40 Å². The molecular weight excluding hydrogens is 473 g/mol. The van der Waals surface area contributed by atoms with Gasteiger partial charge in [-0.1, -0.05) is 53.6 Å². The Kier molecular flexibility index (Phi) is 6.84. The summed E-state index contributed by atoms with van der Waals surface area (Å²) >= 11 is 6.04. The van der Waals surface area contributed by atoms with Gasteiger partial charge in [-0.15, -0.1) is 0 Å². The predicted molar refractivity (Wildman–Crippen MR) is 131 cm³/mol. The zero-order valence-electron chi connectivity index (χ0n) is 19.1. The van der Waals surface area contributed by atoms with E-state index in [1.165, 1.54) is 0 Å². The number of amides is 1. The number of H-pyrrole nitrogens is 1. The molecule has 7 nitrogen and oxygen atoms in total. The number of aliphatic carboxylic acids is 1. The molecule has 0 bridgehead atoms. The van der Waals surface area contributed by atoms with Crippen molar-refractivity contribution in [3.63, 3.8) is 0 Å². The molecule has 2 atom stereocenters. The number of rotatable bonds is 6. The lowest BCUT2D eigenvalue weighted by molar-refractivity contribution is -0.146. The van der Waals surface area contributed by atoms with E-state index in [4.69, 9.17) is 16.7 Å². The minimum atomic E-state index is -2.27. The summed E-state index contributed by atoms with van der Waals surface area (Å²) in [5.74, 6) is -2.49. The van der Waals surface area contributed by atoms with Gasteiger partial charge in [-0.2, -0.15) is 5.10 Å². The number of benzene rings is 2. The molecule has 1 aliphatic rings. The maximum Gasteiger partial charge on any atom is 0.306 e. The van der Waals surface area contributed by atoms with E-state index in [-0.39, 0.29) is 12.0 Å². The normalized spacial score (nSPS) is 16.2. The second-order valence-electron chi connectivity index (χ2n) is 8.48. The molecule has 1 aromatic heterocycles. The van der Waals surface area contributed by atoms with Crippen molar-refractivity contribution in [3.8, 4) is 11.1 Å². The Bertz CT molecular complexity index is 1370. The van der Waals surface area contributed by atoms with Crippen LogP contribution < -0.4 is 5.56 Å². The average molecular weight is 496 g/mol. The number of nitrogens with zero attached hydrogens (tertiary/aromatic N) is 2. The fourth-order valence-corrected chi connectivity index (χ4v) is 4.32. The molecule has 2 heterocycles. The molecule has 35 heavy (non-hydrogen) atoms. The SMILES string of the molecule is Cc1ccc(C2CC(c3c(-c4ccc(Cl)cc4)c(C)c[nH]c3=O)=NN2C(=O)C(F)CC(=O)O)cc1. The van der Waals surface area contributed by atoms with E-state index >= 15 is 0 Å². The van der Waals surface area contributed by atoms with Crippen LogP contribution in [-0.2, 0) is 9.59 Å². The molecule has 0 spiro atoms. The Balaban J connectivity index is 1.84. The van der Waals surface area contributed by atoms with Crippen molar-refractivity contribution in [2.24, 2.45) is 5.10 Å². The Morgan fingerprint density at radius 1 is 1.14 bits per heavy atom. The number of hydrazone groups is 1. The molecule has 2 aromatic carbocycles. The lowest BCUT2D eigenvalue weighted by Gasteiger charge is -2.23. The van der Waals surface area contributed by atoms with E-state index in [9.17, 15) is 18.8 Å².